The third-order valence-corrected chi connectivity index (χ3v) is 3.65. The normalized spacial score (nSPS) is 17.1. The van der Waals surface area contributed by atoms with Gasteiger partial charge < -0.3 is 20.3 Å². The Kier molecular flexibility index (Phi) is 4.48. The minimum atomic E-state index is -0.744. The highest BCUT2D eigenvalue weighted by molar-refractivity contribution is 9.10. The van der Waals surface area contributed by atoms with E-state index in [4.69, 9.17) is 15.2 Å². The molecule has 1 fully saturated rings. The van der Waals surface area contributed by atoms with Crippen molar-refractivity contribution in [2.45, 2.75) is 31.5 Å². The Morgan fingerprint density at radius 2 is 2.22 bits per heavy atom. The summed E-state index contributed by atoms with van der Waals surface area (Å²) in [5.74, 6) is 1.24. The third kappa shape index (κ3) is 2.79. The molecule has 0 aliphatic heterocycles. The zero-order valence-corrected chi connectivity index (χ0v) is 11.9. The van der Waals surface area contributed by atoms with Gasteiger partial charge in [0.05, 0.1) is 19.3 Å². The lowest BCUT2D eigenvalue weighted by molar-refractivity contribution is 0.107. The number of aliphatic hydroxyl groups excluding tert-OH is 1. The topological polar surface area (TPSA) is 64.7 Å². The maximum absolute atomic E-state index is 9.98. The number of nitrogens with two attached hydrogens (primary N) is 1. The summed E-state index contributed by atoms with van der Waals surface area (Å²) in [6.45, 7) is 0.153. The summed E-state index contributed by atoms with van der Waals surface area (Å²) in [5, 5.41) is 9.98. The lowest BCUT2D eigenvalue weighted by Gasteiger charge is -2.29. The number of aliphatic hydroxyl groups is 1. The molecule has 5 heteroatoms. The minimum absolute atomic E-state index is 0.153. The van der Waals surface area contributed by atoms with Crippen molar-refractivity contribution in [3.63, 3.8) is 0 Å². The summed E-state index contributed by atoms with van der Waals surface area (Å²) in [7, 11) is 1.59. The summed E-state index contributed by atoms with van der Waals surface area (Å²) in [5.41, 5.74) is 6.21. The molecule has 0 heterocycles. The van der Waals surface area contributed by atoms with Crippen molar-refractivity contribution in [2.24, 2.45) is 5.73 Å². The van der Waals surface area contributed by atoms with E-state index in [0.29, 0.717) is 17.1 Å². The predicted octanol–water partition coefficient (Wildman–Crippen LogP) is 2.38. The van der Waals surface area contributed by atoms with Crippen LogP contribution in [0.4, 0.5) is 0 Å². The number of halogens is 1. The zero-order chi connectivity index (χ0) is 13.1. The summed E-state index contributed by atoms with van der Waals surface area (Å²) >= 11 is 3.40. The van der Waals surface area contributed by atoms with Gasteiger partial charge in [-0.15, -0.1) is 0 Å². The molecule has 0 aromatic heterocycles. The van der Waals surface area contributed by atoms with Crippen LogP contribution in [0.15, 0.2) is 16.6 Å². The quantitative estimate of drug-likeness (QED) is 0.875. The highest BCUT2D eigenvalue weighted by atomic mass is 79.9. The Morgan fingerprint density at radius 1 is 1.50 bits per heavy atom. The molecular formula is C13H18BrNO3. The Balaban J connectivity index is 2.36. The van der Waals surface area contributed by atoms with E-state index in [-0.39, 0.29) is 12.6 Å². The average molecular weight is 316 g/mol. The van der Waals surface area contributed by atoms with Gasteiger partial charge in [-0.1, -0.05) is 15.9 Å². The molecule has 1 aliphatic rings. The van der Waals surface area contributed by atoms with E-state index in [0.717, 1.165) is 17.3 Å². The van der Waals surface area contributed by atoms with Crippen molar-refractivity contribution in [3.05, 3.63) is 22.2 Å². The highest BCUT2D eigenvalue weighted by Crippen LogP contribution is 2.40. The maximum Gasteiger partial charge on any atom is 0.167 e. The molecule has 1 unspecified atom stereocenters. The van der Waals surface area contributed by atoms with Crippen molar-refractivity contribution in [3.8, 4) is 11.5 Å². The second-order valence-electron chi connectivity index (χ2n) is 4.45. The molecule has 0 radical (unpaired) electrons. The van der Waals surface area contributed by atoms with Crippen molar-refractivity contribution in [1.82, 2.24) is 0 Å². The van der Waals surface area contributed by atoms with E-state index in [1.165, 1.54) is 6.42 Å². The van der Waals surface area contributed by atoms with Crippen molar-refractivity contribution in [2.75, 3.05) is 13.7 Å². The zero-order valence-electron chi connectivity index (χ0n) is 10.4. The Bertz CT molecular complexity index is 421. The van der Waals surface area contributed by atoms with Gasteiger partial charge in [-0.25, -0.2) is 0 Å². The van der Waals surface area contributed by atoms with Gasteiger partial charge in [0.15, 0.2) is 11.5 Å². The molecule has 1 saturated carbocycles. The van der Waals surface area contributed by atoms with Crippen LogP contribution in [0.3, 0.4) is 0 Å². The Morgan fingerprint density at radius 3 is 2.72 bits per heavy atom. The standard InChI is InChI=1S/C13H18BrNO3/c1-17-12-6-8(14)5-10(11(16)7-15)13(12)18-9-3-2-4-9/h5-6,9,11,16H,2-4,7,15H2,1H3. The summed E-state index contributed by atoms with van der Waals surface area (Å²) in [4.78, 5) is 0. The number of ether oxygens (including phenoxy) is 2. The SMILES string of the molecule is COc1cc(Br)cc(C(O)CN)c1OC1CCC1. The maximum atomic E-state index is 9.98. The van der Waals surface area contributed by atoms with Crippen molar-refractivity contribution < 1.29 is 14.6 Å². The van der Waals surface area contributed by atoms with Gasteiger partial charge in [-0.05, 0) is 31.4 Å². The Hall–Kier alpha value is -0.780. The van der Waals surface area contributed by atoms with E-state index >= 15 is 0 Å². The number of methoxy groups -OCH3 is 1. The summed E-state index contributed by atoms with van der Waals surface area (Å²) in [6.07, 6.45) is 2.78. The molecule has 0 saturated heterocycles. The molecule has 0 spiro atoms. The molecule has 2 rings (SSSR count). The number of hydrogen-bond acceptors (Lipinski definition) is 4. The fourth-order valence-electron chi connectivity index (χ4n) is 1.90. The largest absolute Gasteiger partial charge is 0.493 e. The molecule has 1 aromatic rings. The van der Waals surface area contributed by atoms with Crippen LogP contribution >= 0.6 is 15.9 Å². The van der Waals surface area contributed by atoms with E-state index in [1.54, 1.807) is 7.11 Å². The molecule has 1 atom stereocenters. The van der Waals surface area contributed by atoms with Gasteiger partial charge in [0.1, 0.15) is 0 Å². The minimum Gasteiger partial charge on any atom is -0.493 e. The monoisotopic (exact) mass is 315 g/mol. The van der Waals surface area contributed by atoms with E-state index in [2.05, 4.69) is 15.9 Å². The van der Waals surface area contributed by atoms with Gasteiger partial charge >= 0.3 is 0 Å². The first kappa shape index (κ1) is 13.6. The molecule has 1 aromatic carbocycles. The molecule has 18 heavy (non-hydrogen) atoms. The molecule has 0 bridgehead atoms. The fourth-order valence-corrected chi connectivity index (χ4v) is 2.35. The van der Waals surface area contributed by atoms with Crippen LogP contribution in [0.1, 0.15) is 30.9 Å². The van der Waals surface area contributed by atoms with Crippen LogP contribution in [-0.2, 0) is 0 Å². The average Bonchev–Trinajstić information content (AvgIpc) is 2.32. The summed E-state index contributed by atoms with van der Waals surface area (Å²) in [6, 6.07) is 3.66. The first-order valence-electron chi connectivity index (χ1n) is 6.08. The number of rotatable bonds is 5. The van der Waals surface area contributed by atoms with Crippen molar-refractivity contribution >= 4 is 15.9 Å². The van der Waals surface area contributed by atoms with E-state index in [9.17, 15) is 5.11 Å². The molecule has 3 N–H and O–H groups in total. The van der Waals surface area contributed by atoms with Crippen LogP contribution in [0, 0.1) is 0 Å². The van der Waals surface area contributed by atoms with Crippen LogP contribution in [0.25, 0.3) is 0 Å². The van der Waals surface area contributed by atoms with Crippen LogP contribution in [0.2, 0.25) is 0 Å². The third-order valence-electron chi connectivity index (χ3n) is 3.19. The van der Waals surface area contributed by atoms with Gasteiger partial charge in [-0.2, -0.15) is 0 Å². The number of benzene rings is 1. The second-order valence-corrected chi connectivity index (χ2v) is 5.36. The van der Waals surface area contributed by atoms with Gasteiger partial charge in [0, 0.05) is 16.6 Å². The van der Waals surface area contributed by atoms with Gasteiger partial charge in [-0.3, -0.25) is 0 Å². The van der Waals surface area contributed by atoms with E-state index < -0.39 is 6.10 Å². The van der Waals surface area contributed by atoms with Gasteiger partial charge in [0.2, 0.25) is 0 Å². The smallest absolute Gasteiger partial charge is 0.167 e. The summed E-state index contributed by atoms with van der Waals surface area (Å²) < 4.78 is 12.1. The Labute approximate surface area is 115 Å². The van der Waals surface area contributed by atoms with Crippen LogP contribution < -0.4 is 15.2 Å². The first-order chi connectivity index (χ1) is 8.65. The van der Waals surface area contributed by atoms with E-state index in [1.807, 2.05) is 12.1 Å². The lowest BCUT2D eigenvalue weighted by atomic mass is 9.96. The molecule has 0 amide bonds. The lowest BCUT2D eigenvalue weighted by Crippen LogP contribution is -2.26. The fraction of sp³-hybridized carbons (Fsp3) is 0.538. The second kappa shape index (κ2) is 5.91. The molecular weight excluding hydrogens is 298 g/mol. The molecule has 1 aliphatic carbocycles. The van der Waals surface area contributed by atoms with Gasteiger partial charge in [0.25, 0.3) is 0 Å². The molecule has 100 valence electrons. The predicted molar refractivity (Wildman–Crippen MR) is 73.0 cm³/mol. The number of hydrogen-bond donors (Lipinski definition) is 2. The van der Waals surface area contributed by atoms with Crippen LogP contribution in [-0.4, -0.2) is 24.9 Å². The molecule has 4 nitrogen and oxygen atoms in total. The van der Waals surface area contributed by atoms with Crippen LogP contribution in [0.5, 0.6) is 11.5 Å². The van der Waals surface area contributed by atoms with Crippen molar-refractivity contribution in [1.29, 1.82) is 0 Å². The highest BCUT2D eigenvalue weighted by Gasteiger charge is 2.25. The first-order valence-corrected chi connectivity index (χ1v) is 6.87.